The molecule has 4 heteroatoms. The maximum Gasteiger partial charge on any atom is 0.261 e. The fourth-order valence-corrected chi connectivity index (χ4v) is 2.14. The Morgan fingerprint density at radius 3 is 3.18 bits per heavy atom. The standard InChI is InChI=1S/C7H8N2OS/c8-2-5-1-4-3-9-7(10)6(4)11-5/h1H,2-3,8H2,(H,9,10). The monoisotopic (exact) mass is 168 g/mol. The first-order valence-corrected chi connectivity index (χ1v) is 4.23. The van der Waals surface area contributed by atoms with E-state index < -0.39 is 0 Å². The van der Waals surface area contributed by atoms with Crippen molar-refractivity contribution in [2.45, 2.75) is 13.1 Å². The molecule has 1 amide bonds. The molecule has 0 spiro atoms. The lowest BCUT2D eigenvalue weighted by molar-refractivity contribution is 0.0969. The van der Waals surface area contributed by atoms with Gasteiger partial charge in [0.15, 0.2) is 0 Å². The van der Waals surface area contributed by atoms with E-state index >= 15 is 0 Å². The summed E-state index contributed by atoms with van der Waals surface area (Å²) in [6, 6.07) is 2.00. The summed E-state index contributed by atoms with van der Waals surface area (Å²) >= 11 is 1.49. The summed E-state index contributed by atoms with van der Waals surface area (Å²) in [7, 11) is 0. The van der Waals surface area contributed by atoms with Gasteiger partial charge >= 0.3 is 0 Å². The average molecular weight is 168 g/mol. The third kappa shape index (κ3) is 0.948. The van der Waals surface area contributed by atoms with Crippen LogP contribution in [0.15, 0.2) is 6.07 Å². The summed E-state index contributed by atoms with van der Waals surface area (Å²) < 4.78 is 0. The van der Waals surface area contributed by atoms with E-state index in [2.05, 4.69) is 5.32 Å². The largest absolute Gasteiger partial charge is 0.347 e. The molecule has 0 bridgehead atoms. The third-order valence-corrected chi connectivity index (χ3v) is 2.91. The van der Waals surface area contributed by atoms with Gasteiger partial charge in [-0.2, -0.15) is 0 Å². The van der Waals surface area contributed by atoms with Gasteiger partial charge in [0.2, 0.25) is 0 Å². The number of nitrogens with two attached hydrogens (primary N) is 1. The van der Waals surface area contributed by atoms with Crippen molar-refractivity contribution in [3.63, 3.8) is 0 Å². The third-order valence-electron chi connectivity index (χ3n) is 1.71. The minimum atomic E-state index is 0.0460. The first-order chi connectivity index (χ1) is 5.31. The highest BCUT2D eigenvalue weighted by atomic mass is 32.1. The van der Waals surface area contributed by atoms with E-state index in [0.29, 0.717) is 13.1 Å². The SMILES string of the molecule is NCc1cc2c(s1)C(=O)NC2. The van der Waals surface area contributed by atoms with E-state index in [0.717, 1.165) is 15.3 Å². The number of amides is 1. The van der Waals surface area contributed by atoms with Crippen molar-refractivity contribution < 1.29 is 4.79 Å². The quantitative estimate of drug-likeness (QED) is 0.639. The van der Waals surface area contributed by atoms with Gasteiger partial charge in [-0.3, -0.25) is 4.79 Å². The number of thiophene rings is 1. The highest BCUT2D eigenvalue weighted by molar-refractivity contribution is 7.14. The Balaban J connectivity index is 2.46. The Labute approximate surface area is 68.2 Å². The van der Waals surface area contributed by atoms with Crippen molar-refractivity contribution in [3.05, 3.63) is 21.4 Å². The maximum atomic E-state index is 11.1. The minimum Gasteiger partial charge on any atom is -0.347 e. The normalized spacial score (nSPS) is 14.8. The van der Waals surface area contributed by atoms with Gasteiger partial charge in [-0.1, -0.05) is 0 Å². The first kappa shape index (κ1) is 6.82. The van der Waals surface area contributed by atoms with Crippen LogP contribution in [0, 0.1) is 0 Å². The number of hydrogen-bond donors (Lipinski definition) is 2. The van der Waals surface area contributed by atoms with Crippen molar-refractivity contribution in [2.75, 3.05) is 0 Å². The van der Waals surface area contributed by atoms with Crippen LogP contribution >= 0.6 is 11.3 Å². The summed E-state index contributed by atoms with van der Waals surface area (Å²) in [5.74, 6) is 0.0460. The highest BCUT2D eigenvalue weighted by Gasteiger charge is 2.21. The van der Waals surface area contributed by atoms with Gasteiger partial charge in [-0.05, 0) is 11.6 Å². The fourth-order valence-electron chi connectivity index (χ4n) is 1.17. The summed E-state index contributed by atoms with van der Waals surface area (Å²) in [4.78, 5) is 13.0. The molecule has 0 aromatic carbocycles. The predicted molar refractivity (Wildman–Crippen MR) is 43.4 cm³/mol. The summed E-state index contributed by atoms with van der Waals surface area (Å²) in [5, 5.41) is 2.75. The summed E-state index contributed by atoms with van der Waals surface area (Å²) in [6.45, 7) is 1.20. The molecule has 2 rings (SSSR count). The van der Waals surface area contributed by atoms with Gasteiger partial charge < -0.3 is 11.1 Å². The molecule has 0 atom stereocenters. The van der Waals surface area contributed by atoms with E-state index in [1.54, 1.807) is 0 Å². The second-order valence-corrected chi connectivity index (χ2v) is 3.59. The molecular weight excluding hydrogens is 160 g/mol. The van der Waals surface area contributed by atoms with Gasteiger partial charge in [-0.15, -0.1) is 11.3 Å². The van der Waals surface area contributed by atoms with Crippen LogP contribution in [0.3, 0.4) is 0 Å². The molecule has 3 N–H and O–H groups in total. The molecule has 0 fully saturated rings. The lowest BCUT2D eigenvalue weighted by Gasteiger charge is -1.89. The Kier molecular flexibility index (Phi) is 1.44. The molecule has 0 radical (unpaired) electrons. The lowest BCUT2D eigenvalue weighted by Crippen LogP contribution is -2.12. The fraction of sp³-hybridized carbons (Fsp3) is 0.286. The van der Waals surface area contributed by atoms with Crippen LogP contribution in [-0.4, -0.2) is 5.91 Å². The molecule has 1 aromatic rings. The molecule has 2 heterocycles. The zero-order valence-electron chi connectivity index (χ0n) is 5.89. The van der Waals surface area contributed by atoms with Crippen LogP contribution < -0.4 is 11.1 Å². The number of hydrogen-bond acceptors (Lipinski definition) is 3. The van der Waals surface area contributed by atoms with Gasteiger partial charge in [0.25, 0.3) is 5.91 Å². The van der Waals surface area contributed by atoms with E-state index in [1.807, 2.05) is 6.07 Å². The zero-order chi connectivity index (χ0) is 7.84. The second-order valence-electron chi connectivity index (χ2n) is 2.45. The van der Waals surface area contributed by atoms with Crippen molar-refractivity contribution in [3.8, 4) is 0 Å². The highest BCUT2D eigenvalue weighted by Crippen LogP contribution is 2.25. The molecule has 0 saturated heterocycles. The van der Waals surface area contributed by atoms with Crippen LogP contribution in [0.25, 0.3) is 0 Å². The van der Waals surface area contributed by atoms with Gasteiger partial charge in [0.1, 0.15) is 0 Å². The summed E-state index contributed by atoms with van der Waals surface area (Å²) in [5.41, 5.74) is 6.53. The number of fused-ring (bicyclic) bond motifs is 1. The molecule has 3 nitrogen and oxygen atoms in total. The molecule has 0 aliphatic carbocycles. The van der Waals surface area contributed by atoms with E-state index in [1.165, 1.54) is 11.3 Å². The van der Waals surface area contributed by atoms with E-state index in [-0.39, 0.29) is 5.91 Å². The van der Waals surface area contributed by atoms with E-state index in [9.17, 15) is 4.79 Å². The van der Waals surface area contributed by atoms with Crippen molar-refractivity contribution in [1.82, 2.24) is 5.32 Å². The van der Waals surface area contributed by atoms with Gasteiger partial charge in [0.05, 0.1) is 4.88 Å². The Morgan fingerprint density at radius 1 is 1.73 bits per heavy atom. The van der Waals surface area contributed by atoms with Gasteiger partial charge in [-0.25, -0.2) is 0 Å². The number of carbonyl (C=O) groups is 1. The minimum absolute atomic E-state index is 0.0460. The topological polar surface area (TPSA) is 55.1 Å². The Morgan fingerprint density at radius 2 is 2.55 bits per heavy atom. The number of nitrogens with one attached hydrogen (secondary N) is 1. The van der Waals surface area contributed by atoms with Crippen molar-refractivity contribution in [2.24, 2.45) is 5.73 Å². The Bertz CT molecular complexity index is 305. The molecule has 0 unspecified atom stereocenters. The van der Waals surface area contributed by atoms with Crippen LogP contribution in [0.4, 0.5) is 0 Å². The molecular formula is C7H8N2OS. The van der Waals surface area contributed by atoms with Crippen molar-refractivity contribution >= 4 is 17.2 Å². The average Bonchev–Trinajstić information content (AvgIpc) is 2.53. The second kappa shape index (κ2) is 2.32. The van der Waals surface area contributed by atoms with Gasteiger partial charge in [0, 0.05) is 18.0 Å². The predicted octanol–water partition coefficient (Wildman–Crippen LogP) is 0.450. The summed E-state index contributed by atoms with van der Waals surface area (Å²) in [6.07, 6.45) is 0. The van der Waals surface area contributed by atoms with Crippen LogP contribution in [0.2, 0.25) is 0 Å². The van der Waals surface area contributed by atoms with Crippen LogP contribution in [0.1, 0.15) is 20.1 Å². The van der Waals surface area contributed by atoms with Crippen LogP contribution in [-0.2, 0) is 13.1 Å². The lowest BCUT2D eigenvalue weighted by atomic mass is 10.3. The first-order valence-electron chi connectivity index (χ1n) is 3.41. The molecule has 1 aliphatic rings. The molecule has 11 heavy (non-hydrogen) atoms. The number of carbonyl (C=O) groups excluding carboxylic acids is 1. The number of rotatable bonds is 1. The maximum absolute atomic E-state index is 11.1. The molecule has 58 valence electrons. The smallest absolute Gasteiger partial charge is 0.261 e. The molecule has 1 aliphatic heterocycles. The van der Waals surface area contributed by atoms with Crippen molar-refractivity contribution in [1.29, 1.82) is 0 Å². The van der Waals surface area contributed by atoms with Crippen LogP contribution in [0.5, 0.6) is 0 Å². The molecule has 0 saturated carbocycles. The zero-order valence-corrected chi connectivity index (χ0v) is 6.70. The van der Waals surface area contributed by atoms with E-state index in [4.69, 9.17) is 5.73 Å². The Hall–Kier alpha value is -0.870. The molecule has 1 aromatic heterocycles.